The molecule has 0 aromatic heterocycles. The van der Waals surface area contributed by atoms with E-state index in [-0.39, 0.29) is 24.1 Å². The van der Waals surface area contributed by atoms with E-state index in [4.69, 9.17) is 4.74 Å². The Morgan fingerprint density at radius 1 is 1.22 bits per heavy atom. The minimum Gasteiger partial charge on any atom is -0.497 e. The summed E-state index contributed by atoms with van der Waals surface area (Å²) in [4.78, 5) is 39.7. The van der Waals surface area contributed by atoms with Crippen LogP contribution in [0.25, 0.3) is 0 Å². The molecule has 0 saturated carbocycles. The Morgan fingerprint density at radius 3 is 2.22 bits per heavy atom. The van der Waals surface area contributed by atoms with Gasteiger partial charge >= 0.3 is 0 Å². The van der Waals surface area contributed by atoms with Crippen molar-refractivity contribution >= 4 is 23.4 Å². The Balaban J connectivity index is 2.33. The number of anilines is 1. The molecule has 6 nitrogen and oxygen atoms in total. The highest BCUT2D eigenvalue weighted by atomic mass is 16.5. The van der Waals surface area contributed by atoms with Gasteiger partial charge in [0.1, 0.15) is 11.8 Å². The summed E-state index contributed by atoms with van der Waals surface area (Å²) in [5.74, 6) is -0.254. The van der Waals surface area contributed by atoms with Gasteiger partial charge in [0.25, 0.3) is 5.91 Å². The van der Waals surface area contributed by atoms with Gasteiger partial charge in [-0.25, -0.2) is 4.90 Å². The van der Waals surface area contributed by atoms with Gasteiger partial charge in [0.2, 0.25) is 11.8 Å². The van der Waals surface area contributed by atoms with Crippen molar-refractivity contribution in [2.24, 2.45) is 0 Å². The second kappa shape index (κ2) is 6.02. The zero-order valence-corrected chi connectivity index (χ0v) is 14.1. The third kappa shape index (κ3) is 3.21. The number of ether oxygens (including phenoxy) is 1. The summed E-state index contributed by atoms with van der Waals surface area (Å²) in [6.45, 7) is 6.96. The van der Waals surface area contributed by atoms with Crippen molar-refractivity contribution in [3.63, 3.8) is 0 Å². The molecule has 0 radical (unpaired) electrons. The molecule has 2 rings (SSSR count). The van der Waals surface area contributed by atoms with Crippen LogP contribution in [0.2, 0.25) is 0 Å². The lowest BCUT2D eigenvalue weighted by Crippen LogP contribution is -2.53. The molecule has 1 fully saturated rings. The third-order valence-corrected chi connectivity index (χ3v) is 3.83. The molecular formula is C17H22N2O4. The molecule has 1 aliphatic rings. The largest absolute Gasteiger partial charge is 0.497 e. The normalized spacial score (nSPS) is 18.3. The highest BCUT2D eigenvalue weighted by molar-refractivity contribution is 6.23. The van der Waals surface area contributed by atoms with Crippen molar-refractivity contribution in [1.29, 1.82) is 0 Å². The lowest BCUT2D eigenvalue weighted by atomic mass is 10.0. The molecule has 6 heteroatoms. The number of benzene rings is 1. The maximum atomic E-state index is 12.7. The van der Waals surface area contributed by atoms with Crippen LogP contribution in [0.5, 0.6) is 5.75 Å². The van der Waals surface area contributed by atoms with Gasteiger partial charge in [-0.15, -0.1) is 0 Å². The number of imide groups is 1. The van der Waals surface area contributed by atoms with E-state index >= 15 is 0 Å². The van der Waals surface area contributed by atoms with Crippen LogP contribution in [0.1, 0.15) is 34.1 Å². The van der Waals surface area contributed by atoms with Crippen LogP contribution in [0, 0.1) is 0 Å². The van der Waals surface area contributed by atoms with Crippen LogP contribution < -0.4 is 9.64 Å². The summed E-state index contributed by atoms with van der Waals surface area (Å²) in [5, 5.41) is 0. The summed E-state index contributed by atoms with van der Waals surface area (Å²) >= 11 is 0. The van der Waals surface area contributed by atoms with Gasteiger partial charge in [-0.2, -0.15) is 0 Å². The maximum Gasteiger partial charge on any atom is 0.257 e. The zero-order valence-electron chi connectivity index (χ0n) is 14.1. The molecule has 0 bridgehead atoms. The number of hydrogen-bond donors (Lipinski definition) is 0. The number of methoxy groups -OCH3 is 1. The van der Waals surface area contributed by atoms with E-state index in [0.29, 0.717) is 11.4 Å². The minimum atomic E-state index is -0.762. The molecule has 1 aromatic carbocycles. The van der Waals surface area contributed by atoms with Crippen molar-refractivity contribution in [1.82, 2.24) is 4.90 Å². The van der Waals surface area contributed by atoms with E-state index in [9.17, 15) is 14.4 Å². The molecule has 0 aliphatic carbocycles. The summed E-state index contributed by atoms with van der Waals surface area (Å²) in [6, 6.07) is 5.94. The predicted octanol–water partition coefficient (Wildman–Crippen LogP) is 1.97. The first-order chi connectivity index (χ1) is 10.7. The molecule has 1 heterocycles. The molecule has 124 valence electrons. The number of rotatable bonds is 3. The predicted molar refractivity (Wildman–Crippen MR) is 86.2 cm³/mol. The fourth-order valence-electron chi connectivity index (χ4n) is 2.98. The smallest absolute Gasteiger partial charge is 0.257 e. The Bertz CT molecular complexity index is 631. The summed E-state index contributed by atoms with van der Waals surface area (Å²) < 4.78 is 5.08. The van der Waals surface area contributed by atoms with Crippen molar-refractivity contribution in [2.45, 2.75) is 45.7 Å². The third-order valence-electron chi connectivity index (χ3n) is 3.83. The molecule has 0 N–H and O–H groups in total. The Hall–Kier alpha value is -2.37. The van der Waals surface area contributed by atoms with Gasteiger partial charge in [0.05, 0.1) is 19.2 Å². The molecule has 1 unspecified atom stereocenters. The number of amides is 3. The molecule has 3 amide bonds. The summed E-state index contributed by atoms with van der Waals surface area (Å²) in [7, 11) is 1.55. The molecule has 1 atom stereocenters. The lowest BCUT2D eigenvalue weighted by molar-refractivity contribution is -0.142. The molecular weight excluding hydrogens is 296 g/mol. The molecule has 1 aliphatic heterocycles. The maximum absolute atomic E-state index is 12.7. The average molecular weight is 318 g/mol. The highest BCUT2D eigenvalue weighted by Gasteiger charge is 2.46. The van der Waals surface area contributed by atoms with Gasteiger partial charge in [-0.3, -0.25) is 14.4 Å². The quantitative estimate of drug-likeness (QED) is 0.799. The number of nitrogens with zero attached hydrogens (tertiary/aromatic N) is 2. The van der Waals surface area contributed by atoms with Crippen molar-refractivity contribution in [2.75, 3.05) is 12.0 Å². The van der Waals surface area contributed by atoms with Gasteiger partial charge < -0.3 is 9.64 Å². The van der Waals surface area contributed by atoms with E-state index < -0.39 is 11.6 Å². The second-order valence-electron chi connectivity index (χ2n) is 6.55. The Morgan fingerprint density at radius 2 is 1.78 bits per heavy atom. The summed E-state index contributed by atoms with van der Waals surface area (Å²) in [6.07, 6.45) is 0.00170. The molecule has 0 spiro atoms. The Kier molecular flexibility index (Phi) is 4.45. The van der Waals surface area contributed by atoms with Crippen LogP contribution in [0.3, 0.4) is 0 Å². The zero-order chi connectivity index (χ0) is 17.4. The number of carbonyl (C=O) groups excluding carboxylic acids is 3. The average Bonchev–Trinajstić information content (AvgIpc) is 2.72. The molecule has 1 aromatic rings. The number of carbonyl (C=O) groups is 3. The molecule has 1 saturated heterocycles. The SMILES string of the molecule is COc1ccc(N2C(=O)CC(N(C(C)=O)C(C)(C)C)C2=O)cc1. The van der Waals surface area contributed by atoms with Crippen molar-refractivity contribution < 1.29 is 19.1 Å². The van der Waals surface area contributed by atoms with Gasteiger partial charge in [-0.05, 0) is 45.0 Å². The van der Waals surface area contributed by atoms with Crippen molar-refractivity contribution in [3.8, 4) is 5.75 Å². The van der Waals surface area contributed by atoms with E-state index in [1.54, 1.807) is 31.4 Å². The standard InChI is InChI=1S/C17H22N2O4/c1-11(20)19(17(2,3)4)14-10-15(21)18(16(14)22)12-6-8-13(23-5)9-7-12/h6-9,14H,10H2,1-5H3. The van der Waals surface area contributed by atoms with Crippen LogP contribution >= 0.6 is 0 Å². The monoisotopic (exact) mass is 318 g/mol. The highest BCUT2D eigenvalue weighted by Crippen LogP contribution is 2.30. The van der Waals surface area contributed by atoms with Gasteiger partial charge in [0.15, 0.2) is 0 Å². The first-order valence-electron chi connectivity index (χ1n) is 7.47. The lowest BCUT2D eigenvalue weighted by Gasteiger charge is -2.38. The van der Waals surface area contributed by atoms with Crippen LogP contribution in [0.4, 0.5) is 5.69 Å². The fraction of sp³-hybridized carbons (Fsp3) is 0.471. The van der Waals surface area contributed by atoms with Crippen LogP contribution in [-0.2, 0) is 14.4 Å². The van der Waals surface area contributed by atoms with Crippen LogP contribution in [0.15, 0.2) is 24.3 Å². The molecule has 23 heavy (non-hydrogen) atoms. The first-order valence-corrected chi connectivity index (χ1v) is 7.47. The van der Waals surface area contributed by atoms with Crippen LogP contribution in [-0.4, -0.2) is 41.3 Å². The topological polar surface area (TPSA) is 66.9 Å². The van der Waals surface area contributed by atoms with E-state index in [1.165, 1.54) is 11.8 Å². The van der Waals surface area contributed by atoms with Gasteiger partial charge in [0, 0.05) is 12.5 Å². The first kappa shape index (κ1) is 17.0. The fourth-order valence-corrected chi connectivity index (χ4v) is 2.98. The Labute approximate surface area is 136 Å². The number of hydrogen-bond acceptors (Lipinski definition) is 4. The van der Waals surface area contributed by atoms with E-state index in [1.807, 2.05) is 20.8 Å². The second-order valence-corrected chi connectivity index (χ2v) is 6.55. The van der Waals surface area contributed by atoms with E-state index in [0.717, 1.165) is 4.90 Å². The van der Waals surface area contributed by atoms with Gasteiger partial charge in [-0.1, -0.05) is 0 Å². The van der Waals surface area contributed by atoms with E-state index in [2.05, 4.69) is 0 Å². The summed E-state index contributed by atoms with van der Waals surface area (Å²) in [5.41, 5.74) is -0.0526. The van der Waals surface area contributed by atoms with Crippen molar-refractivity contribution in [3.05, 3.63) is 24.3 Å². The minimum absolute atomic E-state index is 0.00170.